The molecular formula is C33H30F2N4O5S. The topological polar surface area (TPSA) is 138 Å². The van der Waals surface area contributed by atoms with Crippen molar-refractivity contribution in [3.63, 3.8) is 0 Å². The second kappa shape index (κ2) is 12.5. The molecule has 0 aliphatic rings. The molecule has 5 aromatic rings. The lowest BCUT2D eigenvalue weighted by molar-refractivity contribution is -0.143. The van der Waals surface area contributed by atoms with Crippen LogP contribution in [0.5, 0.6) is 11.5 Å². The zero-order valence-corrected chi connectivity index (χ0v) is 25.6. The van der Waals surface area contributed by atoms with E-state index in [1.807, 2.05) is 31.2 Å². The van der Waals surface area contributed by atoms with Gasteiger partial charge in [-0.05, 0) is 55.7 Å². The van der Waals surface area contributed by atoms with Gasteiger partial charge >= 0.3 is 5.97 Å². The van der Waals surface area contributed by atoms with Gasteiger partial charge in [0.25, 0.3) is 0 Å². The average molecular weight is 633 g/mol. The maximum Gasteiger partial charge on any atom is 0.306 e. The molecule has 0 aliphatic heterocycles. The number of rotatable bonds is 11. The van der Waals surface area contributed by atoms with E-state index >= 15 is 8.78 Å². The number of nitrogens with one attached hydrogen (secondary N) is 2. The molecular weight excluding hydrogens is 602 g/mol. The maximum absolute atomic E-state index is 15.2. The number of aromatic amines is 2. The monoisotopic (exact) mass is 632 g/mol. The lowest BCUT2D eigenvalue weighted by atomic mass is 9.76. The third-order valence-corrected chi connectivity index (χ3v) is 8.74. The Hall–Kier alpha value is -5.02. The summed E-state index contributed by atoms with van der Waals surface area (Å²) in [7, 11) is -3.93. The highest BCUT2D eigenvalue weighted by molar-refractivity contribution is 7.91. The first-order chi connectivity index (χ1) is 21.4. The van der Waals surface area contributed by atoms with Gasteiger partial charge in [-0.15, -0.1) is 0 Å². The molecule has 0 spiro atoms. The summed E-state index contributed by atoms with van der Waals surface area (Å²) in [5, 5.41) is 9.99. The van der Waals surface area contributed by atoms with E-state index < -0.39 is 32.6 Å². The third kappa shape index (κ3) is 6.44. The molecule has 3 aromatic carbocycles. The molecule has 2 aromatic heterocycles. The van der Waals surface area contributed by atoms with Crippen molar-refractivity contribution in [3.05, 3.63) is 95.4 Å². The summed E-state index contributed by atoms with van der Waals surface area (Å²) in [5.41, 5.74) is 1.62. The van der Waals surface area contributed by atoms with E-state index in [1.165, 1.54) is 30.6 Å². The Bertz CT molecular complexity index is 2050. The third-order valence-electron chi connectivity index (χ3n) is 7.59. The van der Waals surface area contributed by atoms with Crippen molar-refractivity contribution >= 4 is 26.7 Å². The zero-order chi connectivity index (χ0) is 32.4. The molecule has 0 saturated heterocycles. The second-order valence-electron chi connectivity index (χ2n) is 10.8. The van der Waals surface area contributed by atoms with E-state index in [9.17, 15) is 18.5 Å². The molecule has 0 saturated carbocycles. The van der Waals surface area contributed by atoms with Crippen LogP contribution in [0.25, 0.3) is 22.3 Å². The fourth-order valence-corrected chi connectivity index (χ4v) is 6.31. The molecule has 2 N–H and O–H groups in total. The summed E-state index contributed by atoms with van der Waals surface area (Å²) in [6.45, 7) is 3.91. The van der Waals surface area contributed by atoms with Crippen LogP contribution < -0.4 is 4.74 Å². The number of carbonyl (C=O) groups is 1. The van der Waals surface area contributed by atoms with Gasteiger partial charge in [0.1, 0.15) is 22.3 Å². The van der Waals surface area contributed by atoms with Gasteiger partial charge in [0.2, 0.25) is 0 Å². The van der Waals surface area contributed by atoms with Gasteiger partial charge in [0.15, 0.2) is 21.4 Å². The van der Waals surface area contributed by atoms with Gasteiger partial charge in [0.05, 0.1) is 24.7 Å². The normalized spacial score (nSPS) is 12.9. The Labute approximate surface area is 258 Å². The summed E-state index contributed by atoms with van der Waals surface area (Å²) >= 11 is 0. The predicted octanol–water partition coefficient (Wildman–Crippen LogP) is 6.75. The fraction of sp³-hybridized carbons (Fsp3) is 0.242. The molecule has 1 atom stereocenters. The van der Waals surface area contributed by atoms with Crippen molar-refractivity contribution < 1.29 is 31.5 Å². The first-order valence-electron chi connectivity index (χ1n) is 14.1. The van der Waals surface area contributed by atoms with Crippen LogP contribution in [-0.2, 0) is 31.2 Å². The number of hydrogen-bond acceptors (Lipinski definition) is 7. The van der Waals surface area contributed by atoms with Gasteiger partial charge in [-0.25, -0.2) is 22.2 Å². The predicted molar refractivity (Wildman–Crippen MR) is 164 cm³/mol. The van der Waals surface area contributed by atoms with Crippen LogP contribution in [0.15, 0.2) is 71.9 Å². The second-order valence-corrected chi connectivity index (χ2v) is 12.7. The Kier molecular flexibility index (Phi) is 8.75. The lowest BCUT2D eigenvalue weighted by Crippen LogP contribution is -2.24. The standard InChI is InChI=1S/C33H30F2N4O5S/c1-4-43-29(40)11-8-20-6-5-7-21(16-20)33(2,13-14-36)28-19-38-32(39-28)24-17-22(9-10-25(24)34)44-30-26(35)18-27-23(12-15-37-27)31(30)45(3,41)42/h5-7,9-10,12,15-19,37H,4,8,11,13H2,1-3H3,(H,38,39). The molecule has 45 heavy (non-hydrogen) atoms. The molecule has 5 rings (SSSR count). The number of aryl methyl sites for hydroxylation is 1. The quantitative estimate of drug-likeness (QED) is 0.154. The number of ether oxygens (including phenoxy) is 2. The summed E-state index contributed by atoms with van der Waals surface area (Å²) in [6, 6.07) is 16.0. The van der Waals surface area contributed by atoms with E-state index in [0.29, 0.717) is 18.7 Å². The largest absolute Gasteiger partial charge is 0.466 e. The van der Waals surface area contributed by atoms with Crippen molar-refractivity contribution in [1.29, 1.82) is 5.26 Å². The van der Waals surface area contributed by atoms with Crippen molar-refractivity contribution in [1.82, 2.24) is 15.0 Å². The summed E-state index contributed by atoms with van der Waals surface area (Å²) in [6.07, 6.45) is 4.71. The number of esters is 1. The number of nitriles is 1. The van der Waals surface area contributed by atoms with Crippen LogP contribution in [0.4, 0.5) is 8.78 Å². The van der Waals surface area contributed by atoms with E-state index in [1.54, 1.807) is 6.92 Å². The lowest BCUT2D eigenvalue weighted by Gasteiger charge is -2.27. The number of carbonyl (C=O) groups excluding carboxylic acids is 1. The van der Waals surface area contributed by atoms with Crippen LogP contribution in [0.2, 0.25) is 0 Å². The minimum absolute atomic E-state index is 0.00900. The van der Waals surface area contributed by atoms with Gasteiger partial charge in [-0.3, -0.25) is 4.79 Å². The molecule has 0 bridgehead atoms. The highest BCUT2D eigenvalue weighted by Crippen LogP contribution is 2.40. The number of nitrogens with zero attached hydrogens (tertiary/aromatic N) is 2. The Morgan fingerprint density at radius 1 is 1.11 bits per heavy atom. The van der Waals surface area contributed by atoms with Crippen molar-refractivity contribution in [3.8, 4) is 29.0 Å². The Balaban J connectivity index is 1.49. The number of fused-ring (bicyclic) bond motifs is 1. The highest BCUT2D eigenvalue weighted by Gasteiger charge is 2.32. The number of sulfone groups is 1. The molecule has 12 heteroatoms. The number of imidazole rings is 1. The number of halogens is 2. The average Bonchev–Trinajstić information content (AvgIpc) is 3.67. The minimum atomic E-state index is -3.93. The van der Waals surface area contributed by atoms with Crippen LogP contribution in [0, 0.1) is 23.0 Å². The first-order valence-corrected chi connectivity index (χ1v) is 16.0. The summed E-state index contributed by atoms with van der Waals surface area (Å²) in [5.74, 6) is -2.26. The Morgan fingerprint density at radius 2 is 1.91 bits per heavy atom. The van der Waals surface area contributed by atoms with E-state index in [2.05, 4.69) is 21.0 Å². The van der Waals surface area contributed by atoms with E-state index in [4.69, 9.17) is 9.47 Å². The van der Waals surface area contributed by atoms with Crippen molar-refractivity contribution in [2.75, 3.05) is 12.9 Å². The number of H-pyrrole nitrogens is 2. The molecule has 232 valence electrons. The summed E-state index contributed by atoms with van der Waals surface area (Å²) < 4.78 is 66.4. The maximum atomic E-state index is 15.2. The smallest absolute Gasteiger partial charge is 0.306 e. The fourth-order valence-electron chi connectivity index (χ4n) is 5.25. The zero-order valence-electron chi connectivity index (χ0n) is 24.8. The molecule has 2 heterocycles. The highest BCUT2D eigenvalue weighted by atomic mass is 32.2. The molecule has 0 amide bonds. The molecule has 0 aliphatic carbocycles. The van der Waals surface area contributed by atoms with Gasteiger partial charge in [-0.2, -0.15) is 5.26 Å². The number of benzene rings is 3. The molecule has 0 fully saturated rings. The first kappa shape index (κ1) is 31.4. The van der Waals surface area contributed by atoms with Gasteiger partial charge < -0.3 is 19.4 Å². The van der Waals surface area contributed by atoms with Gasteiger partial charge in [-0.1, -0.05) is 24.3 Å². The molecule has 9 nitrogen and oxygen atoms in total. The van der Waals surface area contributed by atoms with Crippen LogP contribution >= 0.6 is 0 Å². The SMILES string of the molecule is CCOC(=O)CCc1cccc(C(C)(CC#N)c2cnc(-c3cc(Oc4c(F)cc5[nH]ccc5c4S(C)(=O)=O)ccc3F)[nH]2)c1. The molecule has 1 unspecified atom stereocenters. The Morgan fingerprint density at radius 3 is 2.64 bits per heavy atom. The molecule has 0 radical (unpaired) electrons. The minimum Gasteiger partial charge on any atom is -0.466 e. The van der Waals surface area contributed by atoms with E-state index in [-0.39, 0.29) is 51.7 Å². The van der Waals surface area contributed by atoms with Gasteiger partial charge in [0, 0.05) is 53.1 Å². The van der Waals surface area contributed by atoms with Crippen LogP contribution in [0.3, 0.4) is 0 Å². The summed E-state index contributed by atoms with van der Waals surface area (Å²) in [4.78, 5) is 21.8. The van der Waals surface area contributed by atoms with E-state index in [0.717, 1.165) is 29.5 Å². The van der Waals surface area contributed by atoms with Crippen LogP contribution in [-0.4, -0.2) is 42.2 Å². The van der Waals surface area contributed by atoms with Crippen molar-refractivity contribution in [2.24, 2.45) is 0 Å². The van der Waals surface area contributed by atoms with Crippen LogP contribution in [0.1, 0.15) is 43.5 Å². The number of hydrogen-bond donors (Lipinski definition) is 2. The van der Waals surface area contributed by atoms with Crippen molar-refractivity contribution in [2.45, 2.75) is 43.4 Å². The number of aromatic nitrogens is 3.